The summed E-state index contributed by atoms with van der Waals surface area (Å²) in [4.78, 5) is 21.8. The highest BCUT2D eigenvalue weighted by atomic mass is 35.5. The van der Waals surface area contributed by atoms with Gasteiger partial charge < -0.3 is 4.79 Å². The highest BCUT2D eigenvalue weighted by Gasteiger charge is 2.04. The molecule has 0 spiro atoms. The number of unbranched alkanes of at least 4 members (excludes halogenated alkanes) is 3. The van der Waals surface area contributed by atoms with Crippen LogP contribution in [-0.2, 0) is 4.79 Å². The van der Waals surface area contributed by atoms with E-state index in [1.165, 1.54) is 0 Å². The third-order valence-corrected chi connectivity index (χ3v) is 2.68. The molecule has 2 nitrogen and oxygen atoms in total. The van der Waals surface area contributed by atoms with Crippen LogP contribution < -0.4 is 0 Å². The predicted molar refractivity (Wildman–Crippen MR) is 69.5 cm³/mol. The van der Waals surface area contributed by atoms with Crippen molar-refractivity contribution in [1.29, 1.82) is 0 Å². The minimum Gasteiger partial charge on any atom is -0.303 e. The van der Waals surface area contributed by atoms with Crippen LogP contribution in [0.15, 0.2) is 36.4 Å². The van der Waals surface area contributed by atoms with Gasteiger partial charge in [0.25, 0.3) is 0 Å². The van der Waals surface area contributed by atoms with E-state index in [4.69, 9.17) is 11.6 Å². The SMILES string of the molecule is O=CCCCC/C=C/C(=O)c1ccccc1Cl. The molecule has 0 radical (unpaired) electrons. The molecule has 3 heteroatoms. The number of carbonyl (C=O) groups excluding carboxylic acids is 2. The Balaban J connectivity index is 2.41. The van der Waals surface area contributed by atoms with Crippen molar-refractivity contribution >= 4 is 23.7 Å². The molecule has 0 aliphatic heterocycles. The molecule has 0 aliphatic carbocycles. The maximum Gasteiger partial charge on any atom is 0.187 e. The number of halogens is 1. The Hall–Kier alpha value is -1.41. The molecule has 17 heavy (non-hydrogen) atoms. The van der Waals surface area contributed by atoms with Gasteiger partial charge in [0.1, 0.15) is 6.29 Å². The zero-order valence-electron chi connectivity index (χ0n) is 9.56. The first-order chi connectivity index (χ1) is 8.25. The molecule has 0 heterocycles. The number of hydrogen-bond acceptors (Lipinski definition) is 2. The van der Waals surface area contributed by atoms with Crippen molar-refractivity contribution in [1.82, 2.24) is 0 Å². The lowest BCUT2D eigenvalue weighted by Gasteiger charge is -1.98. The predicted octanol–water partition coefficient (Wildman–Crippen LogP) is 3.84. The molecule has 0 atom stereocenters. The van der Waals surface area contributed by atoms with E-state index in [1.807, 2.05) is 6.08 Å². The number of benzene rings is 1. The summed E-state index contributed by atoms with van der Waals surface area (Å²) < 4.78 is 0. The maximum absolute atomic E-state index is 11.7. The van der Waals surface area contributed by atoms with Crippen LogP contribution >= 0.6 is 11.6 Å². The van der Waals surface area contributed by atoms with Gasteiger partial charge >= 0.3 is 0 Å². The number of hydrogen-bond donors (Lipinski definition) is 0. The smallest absolute Gasteiger partial charge is 0.187 e. The first-order valence-electron chi connectivity index (χ1n) is 5.64. The zero-order valence-corrected chi connectivity index (χ0v) is 10.3. The van der Waals surface area contributed by atoms with Gasteiger partial charge in [-0.05, 0) is 37.5 Å². The molecular weight excluding hydrogens is 236 g/mol. The summed E-state index contributed by atoms with van der Waals surface area (Å²) in [5.41, 5.74) is 0.526. The van der Waals surface area contributed by atoms with Gasteiger partial charge in [0, 0.05) is 12.0 Å². The molecule has 90 valence electrons. The minimum absolute atomic E-state index is 0.0778. The first kappa shape index (κ1) is 13.7. The fraction of sp³-hybridized carbons (Fsp3) is 0.286. The molecule has 0 N–H and O–H groups in total. The van der Waals surface area contributed by atoms with Crippen LogP contribution in [0.1, 0.15) is 36.0 Å². The summed E-state index contributed by atoms with van der Waals surface area (Å²) >= 11 is 5.91. The Morgan fingerprint density at radius 3 is 2.59 bits per heavy atom. The molecular formula is C14H15ClO2. The minimum atomic E-state index is -0.0778. The van der Waals surface area contributed by atoms with Crippen LogP contribution in [0.5, 0.6) is 0 Å². The van der Waals surface area contributed by atoms with Crippen LogP contribution in [0.25, 0.3) is 0 Å². The molecule has 0 fully saturated rings. The van der Waals surface area contributed by atoms with Gasteiger partial charge in [-0.1, -0.05) is 29.8 Å². The summed E-state index contributed by atoms with van der Waals surface area (Å²) in [6.45, 7) is 0. The van der Waals surface area contributed by atoms with Gasteiger partial charge in [-0.15, -0.1) is 0 Å². The highest BCUT2D eigenvalue weighted by molar-refractivity contribution is 6.34. The molecule has 1 rings (SSSR count). The van der Waals surface area contributed by atoms with Crippen molar-refractivity contribution in [3.8, 4) is 0 Å². The number of carbonyl (C=O) groups is 2. The van der Waals surface area contributed by atoms with Gasteiger partial charge in [-0.2, -0.15) is 0 Å². The number of allylic oxidation sites excluding steroid dienone is 2. The largest absolute Gasteiger partial charge is 0.303 e. The summed E-state index contributed by atoms with van der Waals surface area (Å²) in [7, 11) is 0. The topological polar surface area (TPSA) is 34.1 Å². The highest BCUT2D eigenvalue weighted by Crippen LogP contribution is 2.15. The second-order valence-corrected chi connectivity index (χ2v) is 4.10. The molecule has 1 aromatic carbocycles. The molecule has 1 aromatic rings. The third-order valence-electron chi connectivity index (χ3n) is 2.35. The van der Waals surface area contributed by atoms with Crippen LogP contribution in [0.2, 0.25) is 5.02 Å². The Labute approximate surface area is 106 Å². The molecule has 0 saturated carbocycles. The number of aldehydes is 1. The zero-order chi connectivity index (χ0) is 12.5. The van der Waals surface area contributed by atoms with E-state index >= 15 is 0 Å². The van der Waals surface area contributed by atoms with Gasteiger partial charge in [-0.25, -0.2) is 0 Å². The van der Waals surface area contributed by atoms with Crippen LogP contribution in [-0.4, -0.2) is 12.1 Å². The number of ketones is 1. The van der Waals surface area contributed by atoms with Crippen molar-refractivity contribution in [2.45, 2.75) is 25.7 Å². The van der Waals surface area contributed by atoms with E-state index in [-0.39, 0.29) is 5.78 Å². The second-order valence-electron chi connectivity index (χ2n) is 3.70. The monoisotopic (exact) mass is 250 g/mol. The molecule has 0 amide bonds. The van der Waals surface area contributed by atoms with E-state index in [2.05, 4.69) is 0 Å². The first-order valence-corrected chi connectivity index (χ1v) is 6.02. The Morgan fingerprint density at radius 2 is 1.88 bits per heavy atom. The summed E-state index contributed by atoms with van der Waals surface area (Å²) in [5, 5.41) is 0.475. The van der Waals surface area contributed by atoms with E-state index in [1.54, 1.807) is 30.3 Å². The van der Waals surface area contributed by atoms with Crippen LogP contribution in [0.3, 0.4) is 0 Å². The van der Waals surface area contributed by atoms with E-state index in [0.717, 1.165) is 25.5 Å². The maximum atomic E-state index is 11.7. The Kier molecular flexibility index (Phi) is 6.26. The third kappa shape index (κ3) is 4.96. The molecule has 0 aromatic heterocycles. The molecule has 0 aliphatic rings. The normalized spacial score (nSPS) is 10.6. The van der Waals surface area contributed by atoms with E-state index in [9.17, 15) is 9.59 Å². The molecule has 0 unspecified atom stereocenters. The van der Waals surface area contributed by atoms with E-state index in [0.29, 0.717) is 17.0 Å². The van der Waals surface area contributed by atoms with Crippen molar-refractivity contribution < 1.29 is 9.59 Å². The van der Waals surface area contributed by atoms with Crippen molar-refractivity contribution in [3.05, 3.63) is 47.0 Å². The molecule has 0 bridgehead atoms. The quantitative estimate of drug-likeness (QED) is 0.319. The van der Waals surface area contributed by atoms with Gasteiger partial charge in [-0.3, -0.25) is 4.79 Å². The fourth-order valence-electron chi connectivity index (χ4n) is 1.43. The average Bonchev–Trinajstić information content (AvgIpc) is 2.34. The summed E-state index contributed by atoms with van der Waals surface area (Å²) in [5.74, 6) is -0.0778. The fourth-order valence-corrected chi connectivity index (χ4v) is 1.66. The van der Waals surface area contributed by atoms with Crippen molar-refractivity contribution in [2.75, 3.05) is 0 Å². The number of rotatable bonds is 7. The second kappa shape index (κ2) is 7.80. The van der Waals surface area contributed by atoms with Crippen LogP contribution in [0, 0.1) is 0 Å². The summed E-state index contributed by atoms with van der Waals surface area (Å²) in [6, 6.07) is 6.99. The lowest BCUT2D eigenvalue weighted by atomic mass is 10.1. The van der Waals surface area contributed by atoms with Gasteiger partial charge in [0.2, 0.25) is 0 Å². The van der Waals surface area contributed by atoms with Gasteiger partial charge in [0.05, 0.1) is 5.02 Å². The summed E-state index contributed by atoms with van der Waals surface area (Å²) in [6.07, 6.45) is 7.48. The lowest BCUT2D eigenvalue weighted by Crippen LogP contribution is -1.94. The lowest BCUT2D eigenvalue weighted by molar-refractivity contribution is -0.107. The average molecular weight is 251 g/mol. The van der Waals surface area contributed by atoms with Crippen molar-refractivity contribution in [3.63, 3.8) is 0 Å². The van der Waals surface area contributed by atoms with Crippen molar-refractivity contribution in [2.24, 2.45) is 0 Å². The van der Waals surface area contributed by atoms with Gasteiger partial charge in [0.15, 0.2) is 5.78 Å². The standard InChI is InChI=1S/C14H15ClO2/c15-13-9-6-5-8-12(13)14(17)10-4-2-1-3-7-11-16/h4-6,8-11H,1-3,7H2/b10-4+. The Morgan fingerprint density at radius 1 is 1.18 bits per heavy atom. The van der Waals surface area contributed by atoms with Crippen LogP contribution in [0.4, 0.5) is 0 Å². The molecule has 0 saturated heterocycles. The van der Waals surface area contributed by atoms with E-state index < -0.39 is 0 Å². The Bertz CT molecular complexity index is 410.